The van der Waals surface area contributed by atoms with Crippen LogP contribution in [0.1, 0.15) is 131 Å². The van der Waals surface area contributed by atoms with Crippen LogP contribution in [-0.2, 0) is 59.2 Å². The summed E-state index contributed by atoms with van der Waals surface area (Å²) in [4.78, 5) is 93.9. The number of ketones is 4. The summed E-state index contributed by atoms with van der Waals surface area (Å²) in [6, 6.07) is 31.3. The molecular weight excluding hydrogens is 1350 g/mol. The third-order valence-corrected chi connectivity index (χ3v) is 17.8. The highest BCUT2D eigenvalue weighted by atomic mass is 35.5. The number of quaternary nitrogens is 1. The number of amides is 3. The maximum atomic E-state index is 14.1. The predicted octanol–water partition coefficient (Wildman–Crippen LogP) is 8.17. The van der Waals surface area contributed by atoms with Gasteiger partial charge in [-0.2, -0.15) is 0 Å². The van der Waals surface area contributed by atoms with Gasteiger partial charge in [-0.3, -0.25) is 28.8 Å². The van der Waals surface area contributed by atoms with Gasteiger partial charge in [0.05, 0.1) is 74.3 Å². The molecule has 2 aliphatic carbocycles. The van der Waals surface area contributed by atoms with E-state index in [0.29, 0.717) is 117 Å². The van der Waals surface area contributed by atoms with Crippen LogP contribution >= 0.6 is 0 Å². The average Bonchev–Trinajstić information content (AvgIpc) is 1.38. The van der Waals surface area contributed by atoms with Crippen molar-refractivity contribution in [2.24, 2.45) is 23.7 Å². The number of hydrogen-bond donors (Lipinski definition) is 6. The number of benzene rings is 6. The van der Waals surface area contributed by atoms with E-state index in [1.165, 1.54) is 49.8 Å². The normalized spacial score (nSPS) is 14.3. The van der Waals surface area contributed by atoms with Gasteiger partial charge in [0, 0.05) is 55.1 Å². The van der Waals surface area contributed by atoms with Crippen LogP contribution in [0.5, 0.6) is 46.0 Å². The Labute approximate surface area is 616 Å². The van der Waals surface area contributed by atoms with Crippen LogP contribution in [0.3, 0.4) is 0 Å². The number of fused-ring (bicyclic) bond motifs is 2. The van der Waals surface area contributed by atoms with Gasteiger partial charge in [0.25, 0.3) is 0 Å². The number of aliphatic hydroxyl groups is 2. The largest absolute Gasteiger partial charge is 1.00 e. The van der Waals surface area contributed by atoms with E-state index in [1.54, 1.807) is 70.4 Å². The van der Waals surface area contributed by atoms with Crippen molar-refractivity contribution in [3.05, 3.63) is 166 Å². The van der Waals surface area contributed by atoms with Crippen molar-refractivity contribution in [2.75, 3.05) is 67.5 Å². The van der Waals surface area contributed by atoms with Crippen LogP contribution in [0, 0.1) is 23.7 Å². The second-order valence-electron chi connectivity index (χ2n) is 27.5. The molecule has 560 valence electrons. The molecule has 0 aliphatic heterocycles. The zero-order valence-corrected chi connectivity index (χ0v) is 63.0. The van der Waals surface area contributed by atoms with Crippen molar-refractivity contribution >= 4 is 63.6 Å². The monoisotopic (exact) mass is 1450 g/mol. The molecule has 0 bridgehead atoms. The van der Waals surface area contributed by atoms with Gasteiger partial charge < -0.3 is 86.9 Å². The number of rotatable bonds is 31. The smallest absolute Gasteiger partial charge is 0.407 e. The maximum absolute atomic E-state index is 14.1. The van der Waals surface area contributed by atoms with E-state index in [-0.39, 0.29) is 73.8 Å². The lowest BCUT2D eigenvalue weighted by Gasteiger charge is -2.27. The highest BCUT2D eigenvalue weighted by molar-refractivity contribution is 6.06. The Hall–Kier alpha value is -9.74. The van der Waals surface area contributed by atoms with Crippen LogP contribution in [0.15, 0.2) is 121 Å². The maximum Gasteiger partial charge on any atom is 0.407 e. The number of carbonyl (C=O) groups is 7. The topological polar surface area (TPSA) is 307 Å². The Balaban J connectivity index is 0.000000326. The highest BCUT2D eigenvalue weighted by Gasteiger charge is 2.36. The lowest BCUT2D eigenvalue weighted by Crippen LogP contribution is -3.00. The number of hydrogen-bond acceptors (Lipinski definition) is 18. The van der Waals surface area contributed by atoms with Gasteiger partial charge in [0.1, 0.15) is 29.2 Å². The standard InChI is InChI=1S/C43H54N2O10.C38H46N2O8.ClH/c1-25(2)19-28(22-35(47)38(48)34(20-26-13-11-10-12-14-26)45-42(50)55-43(3,4)5)41(49)44-33-21-27(15-18-36(33)51-6)31-23-29(46)16-17-30-32(31)24-37(52-7)40(54-9)39(30)53-8;1-22(2)16-25(19-32(42)35(43)30(39)17-23-10-8-7-9-11-23)38(44)40-31-18-24(12-15-33(31)45-3)28-20-26(41)13-14-27-29(28)21-34(46-4)37(48-6)36(27)47-5;/h10-15,18,21,23-25,28,34,38,48H,16-17,19-20,22H2,1-9H3,(H,44,49)(H,45,50);7-12,15,18,20-22,25,30,35,43H,13-14,16-17,19,39H2,1-6H3,(H,40,44);1H. The van der Waals surface area contributed by atoms with E-state index in [9.17, 15) is 43.8 Å². The van der Waals surface area contributed by atoms with E-state index in [1.807, 2.05) is 107 Å². The second kappa shape index (κ2) is 38.7. The molecule has 22 nitrogen and oxygen atoms in total. The lowest BCUT2D eigenvalue weighted by atomic mass is 9.88. The number of alkyl carbamates (subject to hydrolysis) is 1. The number of anilines is 2. The molecule has 23 heteroatoms. The summed E-state index contributed by atoms with van der Waals surface area (Å²) >= 11 is 0. The summed E-state index contributed by atoms with van der Waals surface area (Å²) in [6.45, 7) is 13.0. The van der Waals surface area contributed by atoms with Crippen molar-refractivity contribution in [1.29, 1.82) is 0 Å². The highest BCUT2D eigenvalue weighted by Crippen LogP contribution is 2.49. The molecule has 0 heterocycles. The average molecular weight is 1450 g/mol. The third kappa shape index (κ3) is 21.9. The van der Waals surface area contributed by atoms with Crippen molar-refractivity contribution in [2.45, 2.75) is 143 Å². The number of ether oxygens (including phenoxy) is 9. The van der Waals surface area contributed by atoms with Crippen molar-refractivity contribution in [3.8, 4) is 46.0 Å². The minimum atomic E-state index is -1.62. The molecule has 0 saturated carbocycles. The SMILES string of the molecule is COc1ccc(C2=CC(=O)CCc3c2cc(OC)c(OC)c3OC)cc1NC(=O)C(CC(=O)C(O)C(Cc1ccccc1)NC(=O)OC(C)(C)C)CC(C)C.COc1ccc(C2=CC(=O)CCc3c2cc(OC)c(OC)c3OC)cc1NC(=O)C(CC(=O)C(O)C([NH3+])Cc1ccccc1)CC(C)C.[Cl-]. The van der Waals surface area contributed by atoms with E-state index < -0.39 is 65.3 Å². The first-order valence-electron chi connectivity index (χ1n) is 34.5. The third-order valence-electron chi connectivity index (χ3n) is 17.8. The fourth-order valence-corrected chi connectivity index (χ4v) is 12.9. The molecule has 6 atom stereocenters. The molecule has 0 aromatic heterocycles. The Bertz CT molecular complexity index is 4050. The number of allylic oxidation sites excluding steroid dienone is 2. The fourth-order valence-electron chi connectivity index (χ4n) is 12.9. The van der Waals surface area contributed by atoms with Crippen molar-refractivity contribution in [1.82, 2.24) is 5.32 Å². The summed E-state index contributed by atoms with van der Waals surface area (Å²) in [7, 11) is 12.2. The van der Waals surface area contributed by atoms with Gasteiger partial charge >= 0.3 is 6.09 Å². The fraction of sp³-hybridized carbons (Fsp3) is 0.420. The van der Waals surface area contributed by atoms with Crippen LogP contribution in [0.25, 0.3) is 11.1 Å². The quantitative estimate of drug-likeness (QED) is 0.0239. The second-order valence-corrected chi connectivity index (χ2v) is 27.5. The number of aliphatic hydroxyl groups excluding tert-OH is 2. The molecule has 0 radical (unpaired) electrons. The number of halogens is 1. The minimum Gasteiger partial charge on any atom is -1.00 e. The van der Waals surface area contributed by atoms with E-state index >= 15 is 0 Å². The van der Waals surface area contributed by atoms with Crippen LogP contribution in [0.2, 0.25) is 0 Å². The Morgan fingerprint density at radius 1 is 0.490 bits per heavy atom. The zero-order chi connectivity index (χ0) is 75.4. The minimum absolute atomic E-state index is 0. The molecule has 0 saturated heterocycles. The van der Waals surface area contributed by atoms with Crippen LogP contribution in [0.4, 0.5) is 16.2 Å². The molecule has 104 heavy (non-hydrogen) atoms. The van der Waals surface area contributed by atoms with Gasteiger partial charge in [-0.1, -0.05) is 100 Å². The molecule has 6 aromatic carbocycles. The molecule has 3 amide bonds. The number of carbonyl (C=O) groups excluding carboxylic acids is 7. The van der Waals surface area contributed by atoms with Gasteiger partial charge in [-0.05, 0) is 158 Å². The van der Waals surface area contributed by atoms with Gasteiger partial charge in [0.15, 0.2) is 52.2 Å². The summed E-state index contributed by atoms with van der Waals surface area (Å²) < 4.78 is 50.6. The van der Waals surface area contributed by atoms with Crippen molar-refractivity contribution in [3.63, 3.8) is 0 Å². The molecule has 8 N–H and O–H groups in total. The van der Waals surface area contributed by atoms with E-state index in [2.05, 4.69) is 21.7 Å². The number of nitrogens with one attached hydrogen (secondary N) is 3. The Kier molecular flexibility index (Phi) is 30.9. The van der Waals surface area contributed by atoms with Crippen LogP contribution in [-0.4, -0.2) is 138 Å². The van der Waals surface area contributed by atoms with Gasteiger partial charge in [0.2, 0.25) is 23.3 Å². The summed E-state index contributed by atoms with van der Waals surface area (Å²) in [5.74, 6) is 0.0555. The molecule has 6 unspecified atom stereocenters. The first kappa shape index (κ1) is 83.2. The molecule has 6 aromatic rings. The van der Waals surface area contributed by atoms with Gasteiger partial charge in [-0.25, -0.2) is 4.79 Å². The zero-order valence-electron chi connectivity index (χ0n) is 62.2. The molecule has 2 aliphatic rings. The van der Waals surface area contributed by atoms with Crippen LogP contribution < -0.4 is 72.0 Å². The molecule has 0 spiro atoms. The van der Waals surface area contributed by atoms with Crippen molar-refractivity contribution < 1.29 is 105 Å². The van der Waals surface area contributed by atoms with E-state index in [4.69, 9.17) is 42.6 Å². The molecule has 0 fully saturated rings. The first-order valence-corrected chi connectivity index (χ1v) is 34.5. The predicted molar refractivity (Wildman–Crippen MR) is 394 cm³/mol. The molecular formula is C81H101ClN4O18. The summed E-state index contributed by atoms with van der Waals surface area (Å²) in [6.07, 6.45) is 1.77. The lowest BCUT2D eigenvalue weighted by molar-refractivity contribution is -0.432. The number of Topliss-reactive ketones (excluding diaryl/α,β-unsaturated/α-hetero) is 2. The number of methoxy groups -OCH3 is 8. The summed E-state index contributed by atoms with van der Waals surface area (Å²) in [5, 5.41) is 30.9. The van der Waals surface area contributed by atoms with Gasteiger partial charge in [-0.15, -0.1) is 0 Å². The summed E-state index contributed by atoms with van der Waals surface area (Å²) in [5.41, 5.74) is 11.2. The Morgan fingerprint density at radius 3 is 1.24 bits per heavy atom. The van der Waals surface area contributed by atoms with E-state index in [0.717, 1.165) is 27.8 Å². The molecule has 8 rings (SSSR count). The Morgan fingerprint density at radius 2 is 0.875 bits per heavy atom. The first-order chi connectivity index (χ1) is 49.1.